The molecule has 0 aliphatic carbocycles. The van der Waals surface area contributed by atoms with Crippen LogP contribution in [-0.4, -0.2) is 41.6 Å². The second kappa shape index (κ2) is 8.25. The first-order valence-corrected chi connectivity index (χ1v) is 7.18. The Kier molecular flexibility index (Phi) is 6.99. The minimum absolute atomic E-state index is 0.239. The summed E-state index contributed by atoms with van der Waals surface area (Å²) in [6.07, 6.45) is 0.140. The number of hydrogen-bond acceptors (Lipinski definition) is 4. The number of benzene rings is 1. The summed E-state index contributed by atoms with van der Waals surface area (Å²) in [4.78, 5) is 0. The Labute approximate surface area is 121 Å². The number of ether oxygens (including phenoxy) is 1. The van der Waals surface area contributed by atoms with Crippen molar-refractivity contribution in [2.24, 2.45) is 5.92 Å². The van der Waals surface area contributed by atoms with E-state index in [-0.39, 0.29) is 6.61 Å². The Morgan fingerprint density at radius 2 is 1.90 bits per heavy atom. The quantitative estimate of drug-likeness (QED) is 0.646. The van der Waals surface area contributed by atoms with Crippen LogP contribution in [0.4, 0.5) is 0 Å². The summed E-state index contributed by atoms with van der Waals surface area (Å²) in [5, 5.41) is 23.0. The van der Waals surface area contributed by atoms with Crippen LogP contribution in [0.3, 0.4) is 0 Å². The molecule has 114 valence electrons. The summed E-state index contributed by atoms with van der Waals surface area (Å²) in [7, 11) is 0. The topological polar surface area (TPSA) is 61.7 Å². The van der Waals surface area contributed by atoms with Crippen LogP contribution in [0, 0.1) is 5.92 Å². The third-order valence-electron chi connectivity index (χ3n) is 2.92. The summed E-state index contributed by atoms with van der Waals surface area (Å²) in [5.74, 6) is 1.19. The minimum Gasteiger partial charge on any atom is -0.491 e. The highest BCUT2D eigenvalue weighted by Crippen LogP contribution is 2.15. The van der Waals surface area contributed by atoms with Gasteiger partial charge in [-0.25, -0.2) is 0 Å². The predicted octanol–water partition coefficient (Wildman–Crippen LogP) is 1.81. The first-order chi connectivity index (χ1) is 9.39. The smallest absolute Gasteiger partial charge is 0.119 e. The van der Waals surface area contributed by atoms with Gasteiger partial charge in [0, 0.05) is 13.1 Å². The van der Waals surface area contributed by atoms with Crippen LogP contribution < -0.4 is 10.1 Å². The van der Waals surface area contributed by atoms with Crippen LogP contribution in [-0.2, 0) is 0 Å². The van der Waals surface area contributed by atoms with E-state index in [1.165, 1.54) is 0 Å². The van der Waals surface area contributed by atoms with E-state index in [0.29, 0.717) is 19.0 Å². The van der Waals surface area contributed by atoms with Crippen LogP contribution in [0.2, 0.25) is 0 Å². The summed E-state index contributed by atoms with van der Waals surface area (Å²) < 4.78 is 5.46. The zero-order valence-electron chi connectivity index (χ0n) is 12.7. The molecule has 0 radical (unpaired) electrons. The van der Waals surface area contributed by atoms with Gasteiger partial charge in [0.15, 0.2) is 0 Å². The lowest BCUT2D eigenvalue weighted by Crippen LogP contribution is -2.42. The van der Waals surface area contributed by atoms with Gasteiger partial charge < -0.3 is 20.3 Å². The van der Waals surface area contributed by atoms with Crippen LogP contribution in [0.5, 0.6) is 5.75 Å². The Hall–Kier alpha value is -1.10. The molecule has 2 unspecified atom stereocenters. The Morgan fingerprint density at radius 3 is 2.50 bits per heavy atom. The van der Waals surface area contributed by atoms with E-state index in [9.17, 15) is 10.2 Å². The minimum atomic E-state index is -0.742. The zero-order valence-corrected chi connectivity index (χ0v) is 12.7. The van der Waals surface area contributed by atoms with Gasteiger partial charge in [-0.3, -0.25) is 0 Å². The molecule has 0 bridgehead atoms. The summed E-state index contributed by atoms with van der Waals surface area (Å²) in [5.41, 5.74) is -0.742. The fourth-order valence-corrected chi connectivity index (χ4v) is 2.23. The molecule has 4 heteroatoms. The molecular weight excluding hydrogens is 254 g/mol. The Morgan fingerprint density at radius 1 is 1.25 bits per heavy atom. The second-order valence-corrected chi connectivity index (χ2v) is 6.00. The van der Waals surface area contributed by atoms with E-state index in [1.54, 1.807) is 0 Å². The number of aliphatic hydroxyl groups excluding tert-OH is 1. The maximum Gasteiger partial charge on any atom is 0.119 e. The standard InChI is InChI=1S/C16H27NO3/c1-13(2)9-16(3,19)12-17-10-14(18)11-20-15-7-5-4-6-8-15/h4-8,13-14,17-19H,9-12H2,1-3H3. The van der Waals surface area contributed by atoms with E-state index in [0.717, 1.165) is 12.2 Å². The highest BCUT2D eigenvalue weighted by molar-refractivity contribution is 5.20. The number of aliphatic hydroxyl groups is 2. The van der Waals surface area contributed by atoms with Gasteiger partial charge in [0.25, 0.3) is 0 Å². The molecule has 0 saturated carbocycles. The SMILES string of the molecule is CC(C)CC(C)(O)CNCC(O)COc1ccccc1. The van der Waals surface area contributed by atoms with Crippen molar-refractivity contribution in [1.82, 2.24) is 5.32 Å². The molecule has 0 heterocycles. The lowest BCUT2D eigenvalue weighted by Gasteiger charge is -2.26. The predicted molar refractivity (Wildman–Crippen MR) is 80.9 cm³/mol. The van der Waals surface area contributed by atoms with Crippen LogP contribution in [0.25, 0.3) is 0 Å². The van der Waals surface area contributed by atoms with Gasteiger partial charge in [0.05, 0.1) is 5.60 Å². The van der Waals surface area contributed by atoms with E-state index in [4.69, 9.17) is 4.74 Å². The fourth-order valence-electron chi connectivity index (χ4n) is 2.23. The number of hydrogen-bond donors (Lipinski definition) is 3. The third-order valence-corrected chi connectivity index (χ3v) is 2.92. The van der Waals surface area contributed by atoms with E-state index in [1.807, 2.05) is 37.3 Å². The van der Waals surface area contributed by atoms with Gasteiger partial charge in [-0.15, -0.1) is 0 Å². The lowest BCUT2D eigenvalue weighted by molar-refractivity contribution is 0.0327. The number of para-hydroxylation sites is 1. The lowest BCUT2D eigenvalue weighted by atomic mass is 9.94. The average molecular weight is 281 g/mol. The molecule has 0 aromatic heterocycles. The summed E-state index contributed by atoms with van der Waals surface area (Å²) in [6, 6.07) is 9.41. The maximum atomic E-state index is 10.1. The summed E-state index contributed by atoms with van der Waals surface area (Å²) >= 11 is 0. The molecule has 0 aliphatic heterocycles. The first kappa shape index (κ1) is 17.0. The molecule has 2 atom stereocenters. The van der Waals surface area contributed by atoms with Crippen LogP contribution >= 0.6 is 0 Å². The van der Waals surface area contributed by atoms with E-state index >= 15 is 0 Å². The van der Waals surface area contributed by atoms with E-state index in [2.05, 4.69) is 19.2 Å². The van der Waals surface area contributed by atoms with Gasteiger partial charge in [0.2, 0.25) is 0 Å². The van der Waals surface area contributed by atoms with Gasteiger partial charge in [-0.1, -0.05) is 32.0 Å². The van der Waals surface area contributed by atoms with Crippen molar-refractivity contribution in [3.8, 4) is 5.75 Å². The van der Waals surface area contributed by atoms with Crippen molar-refractivity contribution in [2.75, 3.05) is 19.7 Å². The first-order valence-electron chi connectivity index (χ1n) is 7.18. The third kappa shape index (κ3) is 7.48. The van der Waals surface area contributed by atoms with Crippen molar-refractivity contribution in [1.29, 1.82) is 0 Å². The normalized spacial score (nSPS) is 15.9. The number of rotatable bonds is 9. The Bertz CT molecular complexity index is 365. The molecule has 1 aromatic rings. The molecule has 0 spiro atoms. The van der Waals surface area contributed by atoms with Crippen molar-refractivity contribution < 1.29 is 14.9 Å². The van der Waals surface area contributed by atoms with Crippen molar-refractivity contribution in [3.63, 3.8) is 0 Å². The molecular formula is C16H27NO3. The van der Waals surface area contributed by atoms with Gasteiger partial charge in [0.1, 0.15) is 18.5 Å². The molecule has 0 saturated heterocycles. The van der Waals surface area contributed by atoms with Crippen molar-refractivity contribution >= 4 is 0 Å². The molecule has 1 aromatic carbocycles. The van der Waals surface area contributed by atoms with Crippen LogP contribution in [0.15, 0.2) is 30.3 Å². The van der Waals surface area contributed by atoms with Crippen LogP contribution in [0.1, 0.15) is 27.2 Å². The van der Waals surface area contributed by atoms with Gasteiger partial charge in [-0.05, 0) is 31.4 Å². The highest BCUT2D eigenvalue weighted by atomic mass is 16.5. The van der Waals surface area contributed by atoms with Gasteiger partial charge in [-0.2, -0.15) is 0 Å². The summed E-state index contributed by atoms with van der Waals surface area (Å²) in [6.45, 7) is 7.08. The molecule has 1 rings (SSSR count). The van der Waals surface area contributed by atoms with E-state index < -0.39 is 11.7 Å². The monoisotopic (exact) mass is 281 g/mol. The molecule has 0 fully saturated rings. The maximum absolute atomic E-state index is 10.1. The highest BCUT2D eigenvalue weighted by Gasteiger charge is 2.21. The largest absolute Gasteiger partial charge is 0.491 e. The molecule has 0 amide bonds. The average Bonchev–Trinajstić information content (AvgIpc) is 2.36. The van der Waals surface area contributed by atoms with Crippen molar-refractivity contribution in [2.45, 2.75) is 38.9 Å². The molecule has 0 aliphatic rings. The molecule has 20 heavy (non-hydrogen) atoms. The molecule has 4 nitrogen and oxygen atoms in total. The fraction of sp³-hybridized carbons (Fsp3) is 0.625. The Balaban J connectivity index is 2.18. The van der Waals surface area contributed by atoms with Crippen molar-refractivity contribution in [3.05, 3.63) is 30.3 Å². The second-order valence-electron chi connectivity index (χ2n) is 6.00. The zero-order chi connectivity index (χ0) is 15.0. The molecule has 3 N–H and O–H groups in total. The van der Waals surface area contributed by atoms with Gasteiger partial charge >= 0.3 is 0 Å². The number of nitrogens with one attached hydrogen (secondary N) is 1.